The predicted octanol–water partition coefficient (Wildman–Crippen LogP) is -1.71. The van der Waals surface area contributed by atoms with E-state index in [1.54, 1.807) is 6.07 Å². The van der Waals surface area contributed by atoms with Crippen molar-refractivity contribution < 1.29 is 14.8 Å². The Morgan fingerprint density at radius 2 is 2.08 bits per heavy atom. The van der Waals surface area contributed by atoms with Gasteiger partial charge in [-0.15, -0.1) is 0 Å². The Morgan fingerprint density at radius 1 is 1.46 bits per heavy atom. The molecule has 0 atom stereocenters. The van der Waals surface area contributed by atoms with E-state index >= 15 is 0 Å². The zero-order chi connectivity index (χ0) is 10.0. The van der Waals surface area contributed by atoms with Crippen LogP contribution in [0.15, 0.2) is 12.1 Å². The van der Waals surface area contributed by atoms with Crippen molar-refractivity contribution in [2.75, 3.05) is 7.11 Å². The highest BCUT2D eigenvalue weighted by atomic mass is 35.5. The van der Waals surface area contributed by atoms with E-state index in [1.807, 2.05) is 7.85 Å². The minimum atomic E-state index is -1.57. The van der Waals surface area contributed by atoms with Crippen molar-refractivity contribution in [3.8, 4) is 5.75 Å². The average Bonchev–Trinajstić information content (AvgIpc) is 2.03. The van der Waals surface area contributed by atoms with Gasteiger partial charge in [0, 0.05) is 10.5 Å². The van der Waals surface area contributed by atoms with Gasteiger partial charge in [0.25, 0.3) is 0 Å². The first-order valence-corrected chi connectivity index (χ1v) is 4.14. The minimum Gasteiger partial charge on any atom is -0.497 e. The predicted molar refractivity (Wildman–Crippen MR) is 56.0 cm³/mol. The first-order valence-electron chi connectivity index (χ1n) is 3.76. The van der Waals surface area contributed by atoms with E-state index < -0.39 is 7.12 Å². The number of ether oxygens (including phenoxy) is 1. The van der Waals surface area contributed by atoms with Gasteiger partial charge in [0.2, 0.25) is 0 Å². The number of halogens is 1. The molecule has 0 aliphatic carbocycles. The molecule has 0 fully saturated rings. The van der Waals surface area contributed by atoms with Crippen LogP contribution in [0.4, 0.5) is 0 Å². The summed E-state index contributed by atoms with van der Waals surface area (Å²) < 4.78 is 5.01. The Balaban J connectivity index is 3.22. The molecule has 0 saturated heterocycles. The van der Waals surface area contributed by atoms with Crippen molar-refractivity contribution in [1.29, 1.82) is 0 Å². The van der Waals surface area contributed by atoms with Gasteiger partial charge in [-0.3, -0.25) is 0 Å². The topological polar surface area (TPSA) is 49.7 Å². The van der Waals surface area contributed by atoms with Crippen LogP contribution >= 0.6 is 11.6 Å². The molecule has 0 aromatic heterocycles. The summed E-state index contributed by atoms with van der Waals surface area (Å²) in [5.41, 5.74) is 1.11. The Hall–Kier alpha value is -0.640. The molecule has 1 aromatic carbocycles. The second-order valence-corrected chi connectivity index (χ2v) is 3.12. The molecule has 0 unspecified atom stereocenters. The molecule has 0 spiro atoms. The third kappa shape index (κ3) is 2.18. The maximum Gasteiger partial charge on any atom is 0.490 e. The van der Waals surface area contributed by atoms with E-state index in [-0.39, 0.29) is 5.46 Å². The fraction of sp³-hybridized carbons (Fsp3) is 0.143. The standard InChI is InChI=1S/C7H9B2ClO3/c1-13-7-3-5(9(11)12)6(10)2-4(7)8/h2-3,11-12H,8H2,1H3. The highest BCUT2D eigenvalue weighted by molar-refractivity contribution is 6.63. The van der Waals surface area contributed by atoms with Gasteiger partial charge in [-0.25, -0.2) is 0 Å². The lowest BCUT2D eigenvalue weighted by Gasteiger charge is -2.09. The molecule has 1 rings (SSSR count). The molecule has 0 aliphatic rings. The zero-order valence-corrected chi connectivity index (χ0v) is 8.17. The molecular weight excluding hydrogens is 189 g/mol. The molecule has 0 aliphatic heterocycles. The number of methoxy groups -OCH3 is 1. The molecule has 0 heterocycles. The Kier molecular flexibility index (Phi) is 3.25. The van der Waals surface area contributed by atoms with E-state index in [0.29, 0.717) is 10.8 Å². The van der Waals surface area contributed by atoms with Crippen molar-refractivity contribution in [3.63, 3.8) is 0 Å². The molecule has 13 heavy (non-hydrogen) atoms. The molecule has 68 valence electrons. The third-order valence-corrected chi connectivity index (χ3v) is 2.12. The van der Waals surface area contributed by atoms with Crippen molar-refractivity contribution in [1.82, 2.24) is 0 Å². The van der Waals surface area contributed by atoms with E-state index in [2.05, 4.69) is 0 Å². The Labute approximate surface area is 82.8 Å². The summed E-state index contributed by atoms with van der Waals surface area (Å²) in [6, 6.07) is 3.15. The maximum atomic E-state index is 8.93. The molecule has 6 heteroatoms. The van der Waals surface area contributed by atoms with Crippen molar-refractivity contribution in [3.05, 3.63) is 17.2 Å². The lowest BCUT2D eigenvalue weighted by Crippen LogP contribution is -2.32. The Morgan fingerprint density at radius 3 is 2.54 bits per heavy atom. The third-order valence-electron chi connectivity index (χ3n) is 1.79. The lowest BCUT2D eigenvalue weighted by molar-refractivity contribution is 0.415. The van der Waals surface area contributed by atoms with E-state index in [4.69, 9.17) is 26.4 Å². The quantitative estimate of drug-likeness (QED) is 0.556. The highest BCUT2D eigenvalue weighted by Crippen LogP contribution is 2.10. The summed E-state index contributed by atoms with van der Waals surface area (Å²) in [6.45, 7) is 0. The zero-order valence-electron chi connectivity index (χ0n) is 7.41. The fourth-order valence-electron chi connectivity index (χ4n) is 1.09. The normalized spacial score (nSPS) is 9.85. The SMILES string of the molecule is Bc1cc(Cl)c(B(O)O)cc1OC. The summed E-state index contributed by atoms with van der Waals surface area (Å²) in [6.07, 6.45) is 0. The summed E-state index contributed by atoms with van der Waals surface area (Å²) in [7, 11) is 1.78. The number of benzene rings is 1. The van der Waals surface area contributed by atoms with Crippen LogP contribution in [-0.4, -0.2) is 32.1 Å². The van der Waals surface area contributed by atoms with Gasteiger partial charge in [0.1, 0.15) is 13.6 Å². The second-order valence-electron chi connectivity index (χ2n) is 2.72. The van der Waals surface area contributed by atoms with Crippen LogP contribution < -0.4 is 15.7 Å². The first kappa shape index (κ1) is 10.4. The highest BCUT2D eigenvalue weighted by Gasteiger charge is 2.17. The van der Waals surface area contributed by atoms with Gasteiger partial charge in [0.05, 0.1) is 7.11 Å². The van der Waals surface area contributed by atoms with Crippen LogP contribution in [0.25, 0.3) is 0 Å². The van der Waals surface area contributed by atoms with Crippen LogP contribution in [0.1, 0.15) is 0 Å². The van der Waals surface area contributed by atoms with Gasteiger partial charge in [-0.2, -0.15) is 0 Å². The smallest absolute Gasteiger partial charge is 0.490 e. The molecule has 2 N–H and O–H groups in total. The van der Waals surface area contributed by atoms with Crippen molar-refractivity contribution >= 4 is 37.5 Å². The van der Waals surface area contributed by atoms with Crippen LogP contribution in [0.5, 0.6) is 5.75 Å². The Bertz CT molecular complexity index is 317. The summed E-state index contributed by atoms with van der Waals surface area (Å²) in [5.74, 6) is 0.590. The van der Waals surface area contributed by atoms with Crippen LogP contribution in [0.2, 0.25) is 5.02 Å². The largest absolute Gasteiger partial charge is 0.497 e. The fourth-order valence-corrected chi connectivity index (χ4v) is 1.40. The molecule has 0 radical (unpaired) electrons. The monoisotopic (exact) mass is 198 g/mol. The molecular formula is C7H9B2ClO3. The number of hydrogen-bond acceptors (Lipinski definition) is 3. The number of hydrogen-bond donors (Lipinski definition) is 2. The van der Waals surface area contributed by atoms with E-state index in [0.717, 1.165) is 5.46 Å². The molecule has 0 amide bonds. The van der Waals surface area contributed by atoms with Gasteiger partial charge in [-0.05, 0) is 17.6 Å². The molecule has 0 bridgehead atoms. The lowest BCUT2D eigenvalue weighted by atomic mass is 9.78. The van der Waals surface area contributed by atoms with E-state index in [9.17, 15) is 0 Å². The minimum absolute atomic E-state index is 0.254. The first-order chi connectivity index (χ1) is 6.06. The molecule has 3 nitrogen and oxygen atoms in total. The van der Waals surface area contributed by atoms with Gasteiger partial charge >= 0.3 is 7.12 Å². The number of rotatable bonds is 2. The van der Waals surface area contributed by atoms with Gasteiger partial charge in [0.15, 0.2) is 0 Å². The van der Waals surface area contributed by atoms with Gasteiger partial charge < -0.3 is 14.8 Å². The average molecular weight is 198 g/mol. The molecule has 1 aromatic rings. The summed E-state index contributed by atoms with van der Waals surface area (Å²) >= 11 is 5.78. The second kappa shape index (κ2) is 4.05. The van der Waals surface area contributed by atoms with Crippen molar-refractivity contribution in [2.24, 2.45) is 0 Å². The summed E-state index contributed by atoms with van der Waals surface area (Å²) in [4.78, 5) is 0. The summed E-state index contributed by atoms with van der Waals surface area (Å²) in [5, 5.41) is 18.2. The maximum absolute atomic E-state index is 8.93. The van der Waals surface area contributed by atoms with E-state index in [1.165, 1.54) is 13.2 Å². The van der Waals surface area contributed by atoms with Crippen LogP contribution in [0.3, 0.4) is 0 Å². The molecule has 0 saturated carbocycles. The van der Waals surface area contributed by atoms with Crippen molar-refractivity contribution in [2.45, 2.75) is 0 Å². The van der Waals surface area contributed by atoms with Crippen LogP contribution in [0, 0.1) is 0 Å². The van der Waals surface area contributed by atoms with Crippen LogP contribution in [-0.2, 0) is 0 Å². The van der Waals surface area contributed by atoms with Gasteiger partial charge in [-0.1, -0.05) is 11.6 Å².